The van der Waals surface area contributed by atoms with Crippen LogP contribution < -0.4 is 0 Å². The van der Waals surface area contributed by atoms with Gasteiger partial charge in [0, 0.05) is 28.3 Å². The summed E-state index contributed by atoms with van der Waals surface area (Å²) in [4.78, 5) is 19.1. The zero-order chi connectivity index (χ0) is 26.5. The lowest BCUT2D eigenvalue weighted by atomic mass is 9.71. The third-order valence-corrected chi connectivity index (χ3v) is 7.64. The zero-order valence-electron chi connectivity index (χ0n) is 20.8. The number of fused-ring (bicyclic) bond motifs is 1. The molecular weight excluding hydrogens is 482 g/mol. The predicted octanol–water partition coefficient (Wildman–Crippen LogP) is 7.80. The smallest absolute Gasteiger partial charge is 0.388 e. The summed E-state index contributed by atoms with van der Waals surface area (Å²) in [5, 5.41) is 11.3. The molecule has 1 aromatic heterocycles. The minimum absolute atomic E-state index is 0.0279. The quantitative estimate of drug-likeness (QED) is 0.287. The molecule has 1 heterocycles. The van der Waals surface area contributed by atoms with Crippen LogP contribution in [0.2, 0.25) is 0 Å². The van der Waals surface area contributed by atoms with Crippen molar-refractivity contribution in [3.63, 3.8) is 0 Å². The van der Waals surface area contributed by atoms with Crippen LogP contribution in [0.25, 0.3) is 11.1 Å². The number of hydrogen-bond donors (Lipinski definition) is 1. The first-order valence-corrected chi connectivity index (χ1v) is 12.7. The Morgan fingerprint density at radius 3 is 2.22 bits per heavy atom. The molecule has 3 nitrogen and oxygen atoms in total. The van der Waals surface area contributed by atoms with Gasteiger partial charge in [-0.05, 0) is 60.9 Å². The fourth-order valence-corrected chi connectivity index (χ4v) is 5.91. The molecule has 1 fully saturated rings. The molecule has 0 radical (unpaired) electrons. The normalized spacial score (nSPS) is 19.6. The van der Waals surface area contributed by atoms with Crippen molar-refractivity contribution >= 4 is 5.78 Å². The Hall–Kier alpha value is -3.06. The van der Waals surface area contributed by atoms with Gasteiger partial charge < -0.3 is 5.11 Å². The molecule has 1 N–H and O–H groups in total. The second-order valence-electron chi connectivity index (χ2n) is 11.1. The number of aliphatic hydroxyl groups excluding tert-OH is 1. The van der Waals surface area contributed by atoms with Gasteiger partial charge in [0.1, 0.15) is 5.82 Å². The van der Waals surface area contributed by atoms with E-state index in [0.717, 1.165) is 43.5 Å². The largest absolute Gasteiger partial charge is 0.416 e. The molecule has 37 heavy (non-hydrogen) atoms. The molecule has 0 unspecified atom stereocenters. The number of aromatic nitrogens is 1. The molecule has 0 bridgehead atoms. The molecule has 0 spiro atoms. The summed E-state index contributed by atoms with van der Waals surface area (Å²) < 4.78 is 53.4. The van der Waals surface area contributed by atoms with Crippen molar-refractivity contribution in [1.29, 1.82) is 0 Å². The summed E-state index contributed by atoms with van der Waals surface area (Å²) in [6.45, 7) is 4.13. The van der Waals surface area contributed by atoms with E-state index in [0.29, 0.717) is 40.8 Å². The molecule has 1 atom stereocenters. The highest BCUT2D eigenvalue weighted by atomic mass is 19.4. The number of carbonyl (C=O) groups excluding carboxylic acids is 1. The minimum atomic E-state index is -4.51. The number of alkyl halides is 3. The van der Waals surface area contributed by atoms with Crippen LogP contribution in [-0.2, 0) is 12.6 Å². The maximum Gasteiger partial charge on any atom is 0.416 e. The Bertz CT molecular complexity index is 1320. The lowest BCUT2D eigenvalue weighted by Crippen LogP contribution is -2.29. The van der Waals surface area contributed by atoms with Crippen LogP contribution in [0.1, 0.15) is 96.4 Å². The number of pyridine rings is 1. The zero-order valence-corrected chi connectivity index (χ0v) is 20.8. The summed E-state index contributed by atoms with van der Waals surface area (Å²) >= 11 is 0. The van der Waals surface area contributed by atoms with Crippen molar-refractivity contribution in [2.24, 2.45) is 5.41 Å². The van der Waals surface area contributed by atoms with Gasteiger partial charge in [-0.25, -0.2) is 4.39 Å². The van der Waals surface area contributed by atoms with Crippen molar-refractivity contribution in [2.75, 3.05) is 0 Å². The van der Waals surface area contributed by atoms with Gasteiger partial charge in [0.25, 0.3) is 0 Å². The second kappa shape index (κ2) is 9.35. The molecule has 0 saturated heterocycles. The van der Waals surface area contributed by atoms with E-state index < -0.39 is 29.4 Å². The number of benzene rings is 2. The standard InChI is InChI=1S/C30H29F4NO2/c1-29(2)15-22-25(23(36)16-29)24(17-9-13-21(31)14-10-17)26(27(35-22)18-5-3-4-6-18)28(37)19-7-11-20(12-8-19)30(32,33)34/h7-14,18,23,36H,3-6,15-16H2,1-2H3/t23-/m0/s1. The Kier molecular flexibility index (Phi) is 6.47. The lowest BCUT2D eigenvalue weighted by Gasteiger charge is -2.37. The van der Waals surface area contributed by atoms with Crippen molar-refractivity contribution in [2.45, 2.75) is 70.6 Å². The number of rotatable bonds is 4. The molecule has 1 saturated carbocycles. The third-order valence-electron chi connectivity index (χ3n) is 7.64. The van der Waals surface area contributed by atoms with Crippen molar-refractivity contribution in [3.05, 3.63) is 88.0 Å². The number of nitrogens with zero attached hydrogens (tertiary/aromatic N) is 1. The molecule has 3 aromatic rings. The topological polar surface area (TPSA) is 50.2 Å². The van der Waals surface area contributed by atoms with Gasteiger partial charge >= 0.3 is 6.18 Å². The van der Waals surface area contributed by atoms with Crippen molar-refractivity contribution in [3.8, 4) is 11.1 Å². The summed E-state index contributed by atoms with van der Waals surface area (Å²) in [7, 11) is 0. The maximum absolute atomic E-state index is 14.1. The third kappa shape index (κ3) is 4.93. The highest BCUT2D eigenvalue weighted by Gasteiger charge is 2.39. The predicted molar refractivity (Wildman–Crippen MR) is 133 cm³/mol. The van der Waals surface area contributed by atoms with E-state index in [9.17, 15) is 27.5 Å². The molecule has 2 aliphatic carbocycles. The SMILES string of the molecule is CC1(C)Cc2nc(C3CCCC3)c(C(=O)c3ccc(C(F)(F)F)cc3)c(-c3ccc(F)cc3)c2[C@@H](O)C1. The maximum atomic E-state index is 14.1. The Labute approximate surface area is 213 Å². The molecule has 7 heteroatoms. The van der Waals surface area contributed by atoms with E-state index >= 15 is 0 Å². The molecule has 2 aliphatic rings. The summed E-state index contributed by atoms with van der Waals surface area (Å²) in [5.74, 6) is -0.845. The Balaban J connectivity index is 1.78. The first-order valence-electron chi connectivity index (χ1n) is 12.7. The van der Waals surface area contributed by atoms with Crippen molar-refractivity contribution < 1.29 is 27.5 Å². The van der Waals surface area contributed by atoms with Gasteiger partial charge in [-0.2, -0.15) is 13.2 Å². The minimum Gasteiger partial charge on any atom is -0.388 e. The van der Waals surface area contributed by atoms with Gasteiger partial charge in [-0.15, -0.1) is 0 Å². The number of ketones is 1. The van der Waals surface area contributed by atoms with E-state index in [4.69, 9.17) is 4.98 Å². The second-order valence-corrected chi connectivity index (χ2v) is 11.1. The summed E-state index contributed by atoms with van der Waals surface area (Å²) in [6, 6.07) is 9.98. The van der Waals surface area contributed by atoms with Crippen LogP contribution in [0, 0.1) is 11.2 Å². The van der Waals surface area contributed by atoms with E-state index in [2.05, 4.69) is 13.8 Å². The van der Waals surface area contributed by atoms with E-state index in [1.807, 2.05) is 0 Å². The number of carbonyl (C=O) groups is 1. The fourth-order valence-electron chi connectivity index (χ4n) is 5.91. The highest BCUT2D eigenvalue weighted by Crippen LogP contribution is 2.48. The van der Waals surface area contributed by atoms with Gasteiger partial charge in [0.2, 0.25) is 0 Å². The van der Waals surface area contributed by atoms with Crippen LogP contribution >= 0.6 is 0 Å². The number of halogens is 4. The Morgan fingerprint density at radius 1 is 1.00 bits per heavy atom. The molecule has 0 aliphatic heterocycles. The molecule has 2 aromatic carbocycles. The Morgan fingerprint density at radius 2 is 1.62 bits per heavy atom. The lowest BCUT2D eigenvalue weighted by molar-refractivity contribution is -0.137. The first-order chi connectivity index (χ1) is 17.4. The summed E-state index contributed by atoms with van der Waals surface area (Å²) in [6.07, 6.45) is -0.617. The van der Waals surface area contributed by atoms with Gasteiger partial charge in [-0.1, -0.05) is 51.0 Å². The van der Waals surface area contributed by atoms with E-state index in [1.165, 1.54) is 24.3 Å². The van der Waals surface area contributed by atoms with Gasteiger partial charge in [0.05, 0.1) is 22.9 Å². The molecule has 0 amide bonds. The summed E-state index contributed by atoms with van der Waals surface area (Å²) in [5.41, 5.74) is 2.39. The number of aliphatic hydroxyl groups is 1. The highest BCUT2D eigenvalue weighted by molar-refractivity contribution is 6.14. The van der Waals surface area contributed by atoms with Crippen LogP contribution in [0.4, 0.5) is 17.6 Å². The monoisotopic (exact) mass is 511 g/mol. The van der Waals surface area contributed by atoms with Crippen LogP contribution in [0.5, 0.6) is 0 Å². The molecule has 194 valence electrons. The fraction of sp³-hybridized carbons (Fsp3) is 0.400. The van der Waals surface area contributed by atoms with E-state index in [1.54, 1.807) is 12.1 Å². The van der Waals surface area contributed by atoms with E-state index in [-0.39, 0.29) is 16.9 Å². The average Bonchev–Trinajstić information content (AvgIpc) is 3.37. The first kappa shape index (κ1) is 25.6. The molecule has 5 rings (SSSR count). The van der Waals surface area contributed by atoms with Gasteiger partial charge in [0.15, 0.2) is 5.78 Å². The average molecular weight is 512 g/mol. The van der Waals surface area contributed by atoms with Crippen LogP contribution in [-0.4, -0.2) is 15.9 Å². The van der Waals surface area contributed by atoms with Gasteiger partial charge in [-0.3, -0.25) is 9.78 Å². The number of hydrogen-bond acceptors (Lipinski definition) is 3. The molecular formula is C30H29F4NO2. The van der Waals surface area contributed by atoms with Crippen LogP contribution in [0.3, 0.4) is 0 Å². The van der Waals surface area contributed by atoms with Crippen molar-refractivity contribution in [1.82, 2.24) is 4.98 Å². The van der Waals surface area contributed by atoms with Crippen LogP contribution in [0.15, 0.2) is 48.5 Å².